The minimum absolute atomic E-state index is 0.310. The summed E-state index contributed by atoms with van der Waals surface area (Å²) in [6.45, 7) is 1.81. The third-order valence-electron chi connectivity index (χ3n) is 3.17. The second-order valence-electron chi connectivity index (χ2n) is 4.81. The van der Waals surface area contributed by atoms with E-state index in [1.165, 1.54) is 13.2 Å². The lowest BCUT2D eigenvalue weighted by atomic mass is 10.2. The molecule has 0 spiro atoms. The van der Waals surface area contributed by atoms with Crippen LogP contribution in [-0.4, -0.2) is 28.8 Å². The summed E-state index contributed by atoms with van der Waals surface area (Å²) >= 11 is 6.09. The average Bonchev–Trinajstić information content (AvgIpc) is 2.78. The largest absolute Gasteiger partial charge is 0.465 e. The smallest absolute Gasteiger partial charge is 0.337 e. The Labute approximate surface area is 138 Å². The van der Waals surface area contributed by atoms with Crippen LogP contribution in [-0.2, 0) is 16.6 Å². The normalized spacial score (nSPS) is 10.8. The van der Waals surface area contributed by atoms with Gasteiger partial charge in [0.1, 0.15) is 5.15 Å². The zero-order chi connectivity index (χ0) is 17.0. The quantitative estimate of drug-likeness (QED) is 0.689. The van der Waals surface area contributed by atoms with Crippen LogP contribution in [0, 0.1) is 6.92 Å². The Bertz CT molecular complexity index is 764. The number of carbonyl (C=O) groups is 2. The number of aryl methyl sites for hydroxylation is 2. The van der Waals surface area contributed by atoms with Crippen LogP contribution < -0.4 is 5.32 Å². The highest BCUT2D eigenvalue weighted by Gasteiger charge is 2.09. The summed E-state index contributed by atoms with van der Waals surface area (Å²) in [5, 5.41) is 7.33. The summed E-state index contributed by atoms with van der Waals surface area (Å²) in [6, 6.07) is 6.40. The molecule has 0 saturated carbocycles. The molecule has 1 aromatic heterocycles. The number of amides is 1. The molecule has 1 amide bonds. The second-order valence-corrected chi connectivity index (χ2v) is 5.16. The van der Waals surface area contributed by atoms with Crippen LogP contribution in [0.4, 0.5) is 5.69 Å². The van der Waals surface area contributed by atoms with Gasteiger partial charge in [0.2, 0.25) is 5.91 Å². The molecule has 23 heavy (non-hydrogen) atoms. The molecule has 2 rings (SSSR count). The maximum absolute atomic E-state index is 11.9. The molecular weight excluding hydrogens is 318 g/mol. The summed E-state index contributed by atoms with van der Waals surface area (Å²) in [7, 11) is 3.05. The summed E-state index contributed by atoms with van der Waals surface area (Å²) in [5.74, 6) is -0.736. The molecule has 0 aliphatic rings. The second kappa shape index (κ2) is 7.11. The van der Waals surface area contributed by atoms with E-state index >= 15 is 0 Å². The van der Waals surface area contributed by atoms with E-state index in [4.69, 9.17) is 11.6 Å². The van der Waals surface area contributed by atoms with E-state index in [1.54, 1.807) is 42.1 Å². The number of carbonyl (C=O) groups excluding carboxylic acids is 2. The third kappa shape index (κ3) is 3.98. The molecule has 6 nitrogen and oxygen atoms in total. The first-order valence-corrected chi connectivity index (χ1v) is 7.16. The fraction of sp³-hybridized carbons (Fsp3) is 0.188. The summed E-state index contributed by atoms with van der Waals surface area (Å²) < 4.78 is 6.15. The van der Waals surface area contributed by atoms with E-state index in [9.17, 15) is 9.59 Å². The van der Waals surface area contributed by atoms with Crippen molar-refractivity contribution in [3.05, 3.63) is 52.3 Å². The van der Waals surface area contributed by atoms with Crippen LogP contribution in [0.25, 0.3) is 6.08 Å². The van der Waals surface area contributed by atoms with Gasteiger partial charge in [0, 0.05) is 24.4 Å². The van der Waals surface area contributed by atoms with Crippen molar-refractivity contribution in [3.8, 4) is 0 Å². The molecule has 2 aromatic rings. The first kappa shape index (κ1) is 16.8. The lowest BCUT2D eigenvalue weighted by Gasteiger charge is -2.03. The molecule has 0 atom stereocenters. The van der Waals surface area contributed by atoms with Crippen molar-refractivity contribution in [2.24, 2.45) is 7.05 Å². The maximum atomic E-state index is 11.9. The lowest BCUT2D eigenvalue weighted by Crippen LogP contribution is -2.08. The lowest BCUT2D eigenvalue weighted by molar-refractivity contribution is -0.111. The highest BCUT2D eigenvalue weighted by Crippen LogP contribution is 2.20. The van der Waals surface area contributed by atoms with Gasteiger partial charge in [0.25, 0.3) is 0 Å². The van der Waals surface area contributed by atoms with Crippen molar-refractivity contribution in [1.29, 1.82) is 0 Å². The predicted molar refractivity (Wildman–Crippen MR) is 88.4 cm³/mol. The molecule has 120 valence electrons. The Balaban J connectivity index is 2.04. The van der Waals surface area contributed by atoms with Crippen LogP contribution in [0.1, 0.15) is 21.6 Å². The zero-order valence-corrected chi connectivity index (χ0v) is 13.7. The minimum atomic E-state index is -0.426. The molecule has 0 unspecified atom stereocenters. The first-order chi connectivity index (χ1) is 10.9. The van der Waals surface area contributed by atoms with Crippen molar-refractivity contribution >= 4 is 35.2 Å². The van der Waals surface area contributed by atoms with Gasteiger partial charge >= 0.3 is 5.97 Å². The zero-order valence-electron chi connectivity index (χ0n) is 13.0. The number of hydrogen-bond donors (Lipinski definition) is 1. The monoisotopic (exact) mass is 333 g/mol. The van der Waals surface area contributed by atoms with Gasteiger partial charge in [-0.25, -0.2) is 4.79 Å². The molecule has 7 heteroatoms. The van der Waals surface area contributed by atoms with Gasteiger partial charge < -0.3 is 10.1 Å². The van der Waals surface area contributed by atoms with Gasteiger partial charge in [-0.15, -0.1) is 0 Å². The van der Waals surface area contributed by atoms with E-state index < -0.39 is 5.97 Å². The summed E-state index contributed by atoms with van der Waals surface area (Å²) in [5.41, 5.74) is 2.43. The van der Waals surface area contributed by atoms with Gasteiger partial charge in [-0.2, -0.15) is 5.10 Å². The number of nitrogens with zero attached hydrogens (tertiary/aromatic N) is 2. The summed E-state index contributed by atoms with van der Waals surface area (Å²) in [4.78, 5) is 23.3. The van der Waals surface area contributed by atoms with E-state index in [-0.39, 0.29) is 5.91 Å². The van der Waals surface area contributed by atoms with Crippen LogP contribution >= 0.6 is 11.6 Å². The fourth-order valence-electron chi connectivity index (χ4n) is 1.99. The molecule has 1 N–H and O–H groups in total. The van der Waals surface area contributed by atoms with E-state index in [2.05, 4.69) is 15.2 Å². The van der Waals surface area contributed by atoms with Gasteiger partial charge in [-0.3, -0.25) is 9.48 Å². The molecule has 0 aliphatic heterocycles. The average molecular weight is 334 g/mol. The van der Waals surface area contributed by atoms with Crippen molar-refractivity contribution in [3.63, 3.8) is 0 Å². The Hall–Kier alpha value is -2.60. The number of aromatic nitrogens is 2. The van der Waals surface area contributed by atoms with Gasteiger partial charge in [-0.1, -0.05) is 11.6 Å². The first-order valence-electron chi connectivity index (χ1n) is 6.79. The maximum Gasteiger partial charge on any atom is 0.337 e. The van der Waals surface area contributed by atoms with Crippen molar-refractivity contribution < 1.29 is 14.3 Å². The van der Waals surface area contributed by atoms with Gasteiger partial charge in [-0.05, 0) is 37.3 Å². The van der Waals surface area contributed by atoms with Crippen molar-refractivity contribution in [2.45, 2.75) is 6.92 Å². The number of rotatable bonds is 4. The summed E-state index contributed by atoms with van der Waals surface area (Å²) in [6.07, 6.45) is 2.99. The van der Waals surface area contributed by atoms with Gasteiger partial charge in [0.05, 0.1) is 18.4 Å². The van der Waals surface area contributed by atoms with E-state index in [1.807, 2.05) is 6.92 Å². The molecule has 1 aromatic carbocycles. The van der Waals surface area contributed by atoms with Crippen LogP contribution in [0.2, 0.25) is 5.15 Å². The number of anilines is 1. The topological polar surface area (TPSA) is 73.2 Å². The third-order valence-corrected chi connectivity index (χ3v) is 3.62. The SMILES string of the molecule is COC(=O)c1ccc(NC(=O)/C=C/c2c(C)nn(C)c2Cl)cc1. The Kier molecular flexibility index (Phi) is 5.18. The number of benzene rings is 1. The van der Waals surface area contributed by atoms with E-state index in [0.29, 0.717) is 22.0 Å². The molecule has 0 saturated heterocycles. The fourth-order valence-corrected chi connectivity index (χ4v) is 2.22. The molecular formula is C16H16ClN3O3. The van der Waals surface area contributed by atoms with Crippen LogP contribution in [0.15, 0.2) is 30.3 Å². The Morgan fingerprint density at radius 3 is 2.48 bits per heavy atom. The molecule has 1 heterocycles. The number of esters is 1. The highest BCUT2D eigenvalue weighted by atomic mass is 35.5. The molecule has 0 radical (unpaired) electrons. The highest BCUT2D eigenvalue weighted by molar-refractivity contribution is 6.31. The number of nitrogens with one attached hydrogen (secondary N) is 1. The minimum Gasteiger partial charge on any atom is -0.465 e. The number of methoxy groups -OCH3 is 1. The number of ether oxygens (including phenoxy) is 1. The predicted octanol–water partition coefficient (Wildman–Crippen LogP) is 2.82. The molecule has 0 aliphatic carbocycles. The number of halogens is 1. The molecule has 0 bridgehead atoms. The van der Waals surface area contributed by atoms with Crippen LogP contribution in [0.5, 0.6) is 0 Å². The van der Waals surface area contributed by atoms with Crippen LogP contribution in [0.3, 0.4) is 0 Å². The Morgan fingerprint density at radius 1 is 1.30 bits per heavy atom. The standard InChI is InChI=1S/C16H16ClN3O3/c1-10-13(15(17)20(2)19-10)8-9-14(21)18-12-6-4-11(5-7-12)16(22)23-3/h4-9H,1-3H3,(H,18,21)/b9-8+. The van der Waals surface area contributed by atoms with Crippen molar-refractivity contribution in [1.82, 2.24) is 9.78 Å². The van der Waals surface area contributed by atoms with E-state index in [0.717, 1.165) is 5.69 Å². The number of hydrogen-bond acceptors (Lipinski definition) is 4. The van der Waals surface area contributed by atoms with Gasteiger partial charge in [0.15, 0.2) is 0 Å². The Morgan fingerprint density at radius 2 is 1.96 bits per heavy atom. The molecule has 0 fully saturated rings. The van der Waals surface area contributed by atoms with Crippen molar-refractivity contribution in [2.75, 3.05) is 12.4 Å².